The average molecular weight is 251 g/mol. The number of nitrogens with zero attached hydrogens (tertiary/aromatic N) is 1. The summed E-state index contributed by atoms with van der Waals surface area (Å²) in [6.07, 6.45) is 3.69. The molecule has 1 aromatic carbocycles. The van der Waals surface area contributed by atoms with Gasteiger partial charge in [0.15, 0.2) is 0 Å². The summed E-state index contributed by atoms with van der Waals surface area (Å²) >= 11 is 0. The van der Waals surface area contributed by atoms with Gasteiger partial charge in [-0.25, -0.2) is 4.39 Å². The molecule has 0 radical (unpaired) electrons. The topological polar surface area (TPSA) is 41.3 Å². The first-order chi connectivity index (χ1) is 8.66. The van der Waals surface area contributed by atoms with E-state index in [1.807, 2.05) is 6.07 Å². The number of piperidine rings is 1. The van der Waals surface area contributed by atoms with Crippen molar-refractivity contribution < 1.29 is 4.39 Å². The molecule has 0 aliphatic carbocycles. The van der Waals surface area contributed by atoms with Gasteiger partial charge in [0.05, 0.1) is 11.4 Å². The summed E-state index contributed by atoms with van der Waals surface area (Å²) < 4.78 is 13.2. The number of anilines is 2. The van der Waals surface area contributed by atoms with Gasteiger partial charge in [-0.15, -0.1) is 0 Å². The highest BCUT2D eigenvalue weighted by molar-refractivity contribution is 5.66. The summed E-state index contributed by atoms with van der Waals surface area (Å²) in [6, 6.07) is 4.89. The maximum Gasteiger partial charge on any atom is 0.148 e. The fourth-order valence-electron chi connectivity index (χ4n) is 2.61. The smallest absolute Gasteiger partial charge is 0.148 e. The van der Waals surface area contributed by atoms with Crippen LogP contribution in [0, 0.1) is 11.7 Å². The van der Waals surface area contributed by atoms with E-state index in [9.17, 15) is 4.39 Å². The Morgan fingerprint density at radius 3 is 3.11 bits per heavy atom. The monoisotopic (exact) mass is 251 g/mol. The molecular weight excluding hydrogens is 229 g/mol. The number of para-hydroxylation sites is 1. The zero-order valence-corrected chi connectivity index (χ0v) is 11.0. The van der Waals surface area contributed by atoms with Crippen LogP contribution in [-0.4, -0.2) is 31.6 Å². The molecule has 18 heavy (non-hydrogen) atoms. The predicted molar refractivity (Wildman–Crippen MR) is 74.1 cm³/mol. The van der Waals surface area contributed by atoms with Crippen LogP contribution in [0.15, 0.2) is 18.2 Å². The minimum atomic E-state index is -0.350. The van der Waals surface area contributed by atoms with Crippen LogP contribution >= 0.6 is 0 Å². The molecule has 1 aliphatic rings. The third-order valence-corrected chi connectivity index (χ3v) is 3.64. The van der Waals surface area contributed by atoms with Crippen molar-refractivity contribution in [3.63, 3.8) is 0 Å². The number of nitrogen functional groups attached to an aromatic ring is 1. The Bertz CT molecular complexity index is 395. The SMILES string of the molecule is CN1CCCC(CCNc2cccc(F)c2N)C1. The van der Waals surface area contributed by atoms with Crippen molar-refractivity contribution >= 4 is 11.4 Å². The molecule has 1 fully saturated rings. The van der Waals surface area contributed by atoms with Crippen molar-refractivity contribution in [2.45, 2.75) is 19.3 Å². The largest absolute Gasteiger partial charge is 0.395 e. The quantitative estimate of drug-likeness (QED) is 0.808. The molecular formula is C14H22FN3. The first-order valence-electron chi connectivity index (χ1n) is 6.63. The molecule has 0 saturated carbocycles. The minimum Gasteiger partial charge on any atom is -0.395 e. The number of rotatable bonds is 4. The van der Waals surface area contributed by atoms with E-state index < -0.39 is 0 Å². The number of hydrogen-bond donors (Lipinski definition) is 2. The van der Waals surface area contributed by atoms with E-state index in [2.05, 4.69) is 17.3 Å². The molecule has 0 amide bonds. The fraction of sp³-hybridized carbons (Fsp3) is 0.571. The van der Waals surface area contributed by atoms with Crippen molar-refractivity contribution in [2.24, 2.45) is 5.92 Å². The van der Waals surface area contributed by atoms with E-state index in [-0.39, 0.29) is 11.5 Å². The zero-order chi connectivity index (χ0) is 13.0. The van der Waals surface area contributed by atoms with Gasteiger partial charge >= 0.3 is 0 Å². The molecule has 2 rings (SSSR count). The zero-order valence-electron chi connectivity index (χ0n) is 11.0. The van der Waals surface area contributed by atoms with Gasteiger partial charge in [-0.3, -0.25) is 0 Å². The number of halogens is 1. The molecule has 1 atom stereocenters. The maximum absolute atomic E-state index is 13.2. The molecule has 1 heterocycles. The number of likely N-dealkylation sites (tertiary alicyclic amines) is 1. The average Bonchev–Trinajstić information content (AvgIpc) is 2.35. The van der Waals surface area contributed by atoms with Gasteiger partial charge in [-0.05, 0) is 50.9 Å². The van der Waals surface area contributed by atoms with Crippen molar-refractivity contribution in [3.05, 3.63) is 24.0 Å². The van der Waals surface area contributed by atoms with Crippen molar-refractivity contribution in [1.82, 2.24) is 4.90 Å². The normalized spacial score (nSPS) is 20.9. The van der Waals surface area contributed by atoms with Gasteiger partial charge in [-0.1, -0.05) is 6.07 Å². The summed E-state index contributed by atoms with van der Waals surface area (Å²) in [6.45, 7) is 3.23. The molecule has 100 valence electrons. The van der Waals surface area contributed by atoms with Crippen LogP contribution in [0.1, 0.15) is 19.3 Å². The van der Waals surface area contributed by atoms with Gasteiger partial charge < -0.3 is 16.0 Å². The molecule has 3 nitrogen and oxygen atoms in total. The number of nitrogens with one attached hydrogen (secondary N) is 1. The summed E-state index contributed by atoms with van der Waals surface area (Å²) in [5, 5.41) is 3.23. The van der Waals surface area contributed by atoms with Crippen LogP contribution in [0.2, 0.25) is 0 Å². The lowest BCUT2D eigenvalue weighted by atomic mass is 9.95. The Balaban J connectivity index is 1.79. The second-order valence-corrected chi connectivity index (χ2v) is 5.19. The van der Waals surface area contributed by atoms with Gasteiger partial charge in [0.1, 0.15) is 5.82 Å². The van der Waals surface area contributed by atoms with Crippen LogP contribution in [0.5, 0.6) is 0 Å². The van der Waals surface area contributed by atoms with Crippen molar-refractivity contribution in [2.75, 3.05) is 37.7 Å². The summed E-state index contributed by atoms with van der Waals surface area (Å²) in [5.74, 6) is 0.392. The van der Waals surface area contributed by atoms with E-state index in [1.54, 1.807) is 6.07 Å². The van der Waals surface area contributed by atoms with E-state index in [0.29, 0.717) is 5.69 Å². The van der Waals surface area contributed by atoms with Crippen molar-refractivity contribution in [1.29, 1.82) is 0 Å². The fourth-order valence-corrected chi connectivity index (χ4v) is 2.61. The highest BCUT2D eigenvalue weighted by Crippen LogP contribution is 2.22. The van der Waals surface area contributed by atoms with Crippen LogP contribution in [-0.2, 0) is 0 Å². The lowest BCUT2D eigenvalue weighted by Crippen LogP contribution is -2.32. The van der Waals surface area contributed by atoms with Gasteiger partial charge in [0.2, 0.25) is 0 Å². The molecule has 0 spiro atoms. The second-order valence-electron chi connectivity index (χ2n) is 5.19. The van der Waals surface area contributed by atoms with E-state index in [0.717, 1.165) is 18.9 Å². The lowest BCUT2D eigenvalue weighted by molar-refractivity contribution is 0.205. The molecule has 1 unspecified atom stereocenters. The van der Waals surface area contributed by atoms with Gasteiger partial charge in [0.25, 0.3) is 0 Å². The Hall–Kier alpha value is -1.29. The van der Waals surface area contributed by atoms with Crippen LogP contribution in [0.3, 0.4) is 0 Å². The second kappa shape index (κ2) is 6.05. The molecule has 1 aromatic rings. The Morgan fingerprint density at radius 2 is 2.33 bits per heavy atom. The predicted octanol–water partition coefficient (Wildman–Crippen LogP) is 2.55. The first kappa shape index (κ1) is 13.1. The van der Waals surface area contributed by atoms with E-state index in [1.165, 1.54) is 32.0 Å². The standard InChI is InChI=1S/C14H22FN3/c1-18-9-3-4-11(10-18)7-8-17-13-6-2-5-12(15)14(13)16/h2,5-6,11,17H,3-4,7-10,16H2,1H3. The van der Waals surface area contributed by atoms with Crippen LogP contribution in [0.25, 0.3) is 0 Å². The van der Waals surface area contributed by atoms with Gasteiger partial charge in [0, 0.05) is 13.1 Å². The first-order valence-corrected chi connectivity index (χ1v) is 6.63. The lowest BCUT2D eigenvalue weighted by Gasteiger charge is -2.29. The van der Waals surface area contributed by atoms with Crippen LogP contribution < -0.4 is 11.1 Å². The molecule has 1 aliphatic heterocycles. The highest BCUT2D eigenvalue weighted by atomic mass is 19.1. The Morgan fingerprint density at radius 1 is 1.50 bits per heavy atom. The Kier molecular flexibility index (Phi) is 4.42. The maximum atomic E-state index is 13.2. The highest BCUT2D eigenvalue weighted by Gasteiger charge is 2.16. The molecule has 3 N–H and O–H groups in total. The summed E-state index contributed by atoms with van der Waals surface area (Å²) in [4.78, 5) is 2.38. The summed E-state index contributed by atoms with van der Waals surface area (Å²) in [7, 11) is 2.17. The van der Waals surface area contributed by atoms with Crippen molar-refractivity contribution in [3.8, 4) is 0 Å². The number of hydrogen-bond acceptors (Lipinski definition) is 3. The molecule has 4 heteroatoms. The third kappa shape index (κ3) is 3.35. The third-order valence-electron chi connectivity index (χ3n) is 3.64. The number of benzene rings is 1. The Labute approximate surface area is 108 Å². The molecule has 0 aromatic heterocycles. The van der Waals surface area contributed by atoms with E-state index in [4.69, 9.17) is 5.73 Å². The number of nitrogens with two attached hydrogens (primary N) is 1. The van der Waals surface area contributed by atoms with Gasteiger partial charge in [-0.2, -0.15) is 0 Å². The molecule has 0 bridgehead atoms. The minimum absolute atomic E-state index is 0.221. The molecule has 1 saturated heterocycles. The summed E-state index contributed by atoms with van der Waals surface area (Å²) in [5.41, 5.74) is 6.61. The van der Waals surface area contributed by atoms with Crippen LogP contribution in [0.4, 0.5) is 15.8 Å². The van der Waals surface area contributed by atoms with E-state index >= 15 is 0 Å².